The molecule has 2 aromatic carbocycles. The average Bonchev–Trinajstić information content (AvgIpc) is 2.77. The van der Waals surface area contributed by atoms with Crippen molar-refractivity contribution in [2.75, 3.05) is 28.0 Å². The zero-order valence-electron chi connectivity index (χ0n) is 18.1. The van der Waals surface area contributed by atoms with E-state index in [0.717, 1.165) is 36.4 Å². The summed E-state index contributed by atoms with van der Waals surface area (Å²) in [5.41, 5.74) is 2.44. The highest BCUT2D eigenvalue weighted by Crippen LogP contribution is 2.24. The van der Waals surface area contributed by atoms with E-state index in [-0.39, 0.29) is 4.90 Å². The fourth-order valence-corrected chi connectivity index (χ4v) is 5.03. The smallest absolute Gasteiger partial charge is 0.262 e. The Morgan fingerprint density at radius 1 is 0.906 bits per heavy atom. The molecule has 0 aliphatic carbocycles. The topological polar surface area (TPSA) is 87.2 Å². The lowest BCUT2D eigenvalue weighted by Gasteiger charge is -2.28. The maximum Gasteiger partial charge on any atom is 0.262 e. The molecule has 7 nitrogen and oxygen atoms in total. The number of halogens is 1. The zero-order valence-corrected chi connectivity index (χ0v) is 18.9. The second-order valence-electron chi connectivity index (χ2n) is 7.96. The predicted molar refractivity (Wildman–Crippen MR) is 125 cm³/mol. The van der Waals surface area contributed by atoms with Gasteiger partial charge in [0.25, 0.3) is 10.0 Å². The summed E-state index contributed by atoms with van der Waals surface area (Å²) in [6, 6.07) is 12.4. The Labute approximate surface area is 187 Å². The summed E-state index contributed by atoms with van der Waals surface area (Å²) >= 11 is 0. The van der Waals surface area contributed by atoms with Crippen LogP contribution in [0.4, 0.5) is 27.5 Å². The van der Waals surface area contributed by atoms with Crippen LogP contribution in [-0.2, 0) is 10.0 Å². The lowest BCUT2D eigenvalue weighted by molar-refractivity contribution is 0.573. The van der Waals surface area contributed by atoms with Gasteiger partial charge in [-0.05, 0) is 75.1 Å². The molecule has 4 rings (SSSR count). The number of nitrogens with zero attached hydrogens (tertiary/aromatic N) is 3. The average molecular weight is 456 g/mol. The van der Waals surface area contributed by atoms with Gasteiger partial charge >= 0.3 is 0 Å². The summed E-state index contributed by atoms with van der Waals surface area (Å²) < 4.78 is 41.3. The number of piperidine rings is 1. The van der Waals surface area contributed by atoms with Gasteiger partial charge in [-0.2, -0.15) is 4.98 Å². The van der Waals surface area contributed by atoms with Crippen molar-refractivity contribution in [3.05, 3.63) is 65.6 Å². The van der Waals surface area contributed by atoms with Gasteiger partial charge < -0.3 is 10.2 Å². The van der Waals surface area contributed by atoms with Gasteiger partial charge in [0.1, 0.15) is 11.6 Å². The van der Waals surface area contributed by atoms with Crippen molar-refractivity contribution in [2.45, 2.75) is 38.0 Å². The number of nitrogens with one attached hydrogen (secondary N) is 2. The number of aromatic nitrogens is 2. The molecule has 1 aromatic heterocycles. The Bertz CT molecular complexity index is 1210. The molecule has 0 saturated carbocycles. The van der Waals surface area contributed by atoms with Crippen molar-refractivity contribution < 1.29 is 12.8 Å². The largest absolute Gasteiger partial charge is 0.356 e. The summed E-state index contributed by atoms with van der Waals surface area (Å²) in [7, 11) is -3.90. The van der Waals surface area contributed by atoms with E-state index in [1.54, 1.807) is 31.2 Å². The van der Waals surface area contributed by atoms with Gasteiger partial charge in [-0.3, -0.25) is 4.72 Å². The fraction of sp³-hybridized carbons (Fsp3) is 0.304. The van der Waals surface area contributed by atoms with E-state index in [0.29, 0.717) is 17.2 Å². The zero-order chi connectivity index (χ0) is 22.7. The molecule has 3 aromatic rings. The van der Waals surface area contributed by atoms with Crippen molar-refractivity contribution in [1.82, 2.24) is 9.97 Å². The van der Waals surface area contributed by atoms with Crippen LogP contribution in [0.2, 0.25) is 0 Å². The van der Waals surface area contributed by atoms with Gasteiger partial charge in [-0.1, -0.05) is 6.07 Å². The lowest BCUT2D eigenvalue weighted by atomic mass is 10.1. The van der Waals surface area contributed by atoms with Crippen LogP contribution in [-0.4, -0.2) is 31.5 Å². The summed E-state index contributed by atoms with van der Waals surface area (Å²) in [5.74, 6) is 0.807. The third-order valence-corrected chi connectivity index (χ3v) is 6.88. The number of aryl methyl sites for hydroxylation is 2. The molecule has 0 amide bonds. The quantitative estimate of drug-likeness (QED) is 0.557. The van der Waals surface area contributed by atoms with Gasteiger partial charge in [-0.15, -0.1) is 0 Å². The van der Waals surface area contributed by atoms with Crippen molar-refractivity contribution in [3.8, 4) is 0 Å². The number of benzene rings is 2. The minimum atomic E-state index is -3.90. The standard InChI is InChI=1S/C23H26FN5O2S/c1-16-6-7-18(24)15-21(16)32(30,31)28-20-10-8-19(9-11-20)26-23-25-17(2)14-22(27-23)29-12-4-3-5-13-29/h6-11,14-15,28H,3-5,12-13H2,1-2H3,(H,25,26,27). The van der Waals surface area contributed by atoms with Crippen molar-refractivity contribution in [3.63, 3.8) is 0 Å². The molecule has 0 unspecified atom stereocenters. The van der Waals surface area contributed by atoms with E-state index < -0.39 is 15.8 Å². The molecule has 32 heavy (non-hydrogen) atoms. The van der Waals surface area contributed by atoms with Crippen LogP contribution < -0.4 is 14.9 Å². The minimum Gasteiger partial charge on any atom is -0.356 e. The minimum absolute atomic E-state index is 0.0851. The monoisotopic (exact) mass is 455 g/mol. The molecule has 1 aliphatic rings. The summed E-state index contributed by atoms with van der Waals surface area (Å²) in [6.45, 7) is 5.55. The number of anilines is 4. The highest BCUT2D eigenvalue weighted by atomic mass is 32.2. The van der Waals surface area contributed by atoms with Crippen LogP contribution >= 0.6 is 0 Å². The van der Waals surface area contributed by atoms with E-state index in [1.165, 1.54) is 31.4 Å². The Balaban J connectivity index is 1.48. The first-order valence-electron chi connectivity index (χ1n) is 10.6. The van der Waals surface area contributed by atoms with Gasteiger partial charge in [0, 0.05) is 36.2 Å². The molecule has 0 spiro atoms. The molecule has 0 radical (unpaired) electrons. The summed E-state index contributed by atoms with van der Waals surface area (Å²) in [6.07, 6.45) is 3.58. The molecule has 168 valence electrons. The van der Waals surface area contributed by atoms with Crippen molar-refractivity contribution in [2.24, 2.45) is 0 Å². The molecule has 0 bridgehead atoms. The molecular weight excluding hydrogens is 429 g/mol. The van der Waals surface area contributed by atoms with Crippen molar-refractivity contribution in [1.29, 1.82) is 0 Å². The van der Waals surface area contributed by atoms with E-state index >= 15 is 0 Å². The van der Waals surface area contributed by atoms with E-state index in [1.807, 2.05) is 13.0 Å². The Morgan fingerprint density at radius 3 is 2.31 bits per heavy atom. The SMILES string of the molecule is Cc1cc(N2CCCCC2)nc(Nc2ccc(NS(=O)(=O)c3cc(F)ccc3C)cc2)n1. The van der Waals surface area contributed by atoms with Crippen LogP contribution in [0.15, 0.2) is 53.4 Å². The van der Waals surface area contributed by atoms with Crippen molar-refractivity contribution >= 4 is 33.2 Å². The Hall–Kier alpha value is -3.20. The van der Waals surface area contributed by atoms with Crippen LogP contribution in [0.25, 0.3) is 0 Å². The highest BCUT2D eigenvalue weighted by Gasteiger charge is 2.18. The number of hydrogen-bond acceptors (Lipinski definition) is 6. The summed E-state index contributed by atoms with van der Waals surface area (Å²) in [4.78, 5) is 11.3. The molecule has 1 fully saturated rings. The van der Waals surface area contributed by atoms with E-state index in [9.17, 15) is 12.8 Å². The van der Waals surface area contributed by atoms with Gasteiger partial charge in [0.2, 0.25) is 5.95 Å². The van der Waals surface area contributed by atoms with Crippen LogP contribution in [0.5, 0.6) is 0 Å². The number of sulfonamides is 1. The molecule has 1 aliphatic heterocycles. The normalized spacial score (nSPS) is 14.3. The second-order valence-corrected chi connectivity index (χ2v) is 9.61. The van der Waals surface area contributed by atoms with Gasteiger partial charge in [-0.25, -0.2) is 17.8 Å². The second kappa shape index (κ2) is 9.12. The molecule has 2 N–H and O–H groups in total. The number of hydrogen-bond donors (Lipinski definition) is 2. The van der Waals surface area contributed by atoms with Crippen LogP contribution in [0, 0.1) is 19.7 Å². The highest BCUT2D eigenvalue weighted by molar-refractivity contribution is 7.92. The molecule has 1 saturated heterocycles. The van der Waals surface area contributed by atoms with Crippen LogP contribution in [0.3, 0.4) is 0 Å². The molecular formula is C23H26FN5O2S. The van der Waals surface area contributed by atoms with E-state index in [4.69, 9.17) is 0 Å². The maximum atomic E-state index is 13.5. The van der Waals surface area contributed by atoms with Gasteiger partial charge in [0.05, 0.1) is 4.90 Å². The first-order valence-corrected chi connectivity index (χ1v) is 12.1. The summed E-state index contributed by atoms with van der Waals surface area (Å²) in [5, 5.41) is 3.19. The Morgan fingerprint density at radius 2 is 1.59 bits per heavy atom. The molecule has 9 heteroatoms. The number of rotatable bonds is 6. The maximum absolute atomic E-state index is 13.5. The Kier molecular flexibility index (Phi) is 6.27. The third kappa shape index (κ3) is 5.16. The molecule has 0 atom stereocenters. The van der Waals surface area contributed by atoms with E-state index in [2.05, 4.69) is 24.9 Å². The predicted octanol–water partition coefficient (Wildman–Crippen LogP) is 4.77. The first-order chi connectivity index (χ1) is 15.3. The first kappa shape index (κ1) is 22.0. The third-order valence-electron chi connectivity index (χ3n) is 5.35. The fourth-order valence-electron chi connectivity index (χ4n) is 3.72. The van der Waals surface area contributed by atoms with Gasteiger partial charge in [0.15, 0.2) is 0 Å². The lowest BCUT2D eigenvalue weighted by Crippen LogP contribution is -2.30. The molecule has 2 heterocycles. The van der Waals surface area contributed by atoms with Crippen LogP contribution in [0.1, 0.15) is 30.5 Å².